The lowest BCUT2D eigenvalue weighted by Crippen LogP contribution is -2.44. The van der Waals surface area contributed by atoms with Gasteiger partial charge in [0.1, 0.15) is 0 Å². The zero-order chi connectivity index (χ0) is 21.9. The van der Waals surface area contributed by atoms with E-state index in [1.807, 2.05) is 0 Å². The van der Waals surface area contributed by atoms with E-state index >= 15 is 0 Å². The van der Waals surface area contributed by atoms with Gasteiger partial charge in [0, 0.05) is 27.6 Å². The summed E-state index contributed by atoms with van der Waals surface area (Å²) in [5.41, 5.74) is -5.38. The summed E-state index contributed by atoms with van der Waals surface area (Å²) in [7, 11) is 0. The number of carbonyl (C=O) groups is 1. The van der Waals surface area contributed by atoms with E-state index in [0.717, 1.165) is 0 Å². The molecule has 10 heteroatoms. The number of nitrogens with zero attached hydrogens (tertiary/aromatic N) is 1. The fraction of sp³-hybridized carbons (Fsp3) is 0.200. The van der Waals surface area contributed by atoms with Gasteiger partial charge in [-0.15, -0.1) is 11.8 Å². The number of thioether (sulfide) groups is 1. The van der Waals surface area contributed by atoms with Crippen LogP contribution in [-0.4, -0.2) is 28.2 Å². The number of benzene rings is 2. The number of alkyl halides is 6. The van der Waals surface area contributed by atoms with Crippen molar-refractivity contribution in [2.75, 3.05) is 0 Å². The molecule has 0 saturated carbocycles. The molecular formula is C20H11F6NO2S. The fourth-order valence-corrected chi connectivity index (χ4v) is 5.12. The van der Waals surface area contributed by atoms with E-state index in [1.165, 1.54) is 42.6 Å². The van der Waals surface area contributed by atoms with Gasteiger partial charge < -0.3 is 5.11 Å². The van der Waals surface area contributed by atoms with E-state index < -0.39 is 40.1 Å². The van der Waals surface area contributed by atoms with Crippen LogP contribution in [0.4, 0.5) is 26.3 Å². The van der Waals surface area contributed by atoms with Crippen molar-refractivity contribution in [1.29, 1.82) is 0 Å². The third-order valence-corrected chi connectivity index (χ3v) is 6.41. The van der Waals surface area contributed by atoms with Crippen LogP contribution in [0.5, 0.6) is 0 Å². The van der Waals surface area contributed by atoms with Crippen LogP contribution in [0, 0.1) is 0 Å². The number of Topliss-reactive ketones (excluding diaryl/α,β-unsaturated/α-hetero) is 1. The minimum absolute atomic E-state index is 0.113. The van der Waals surface area contributed by atoms with Gasteiger partial charge in [0.2, 0.25) is 5.60 Å². The predicted octanol–water partition coefficient (Wildman–Crippen LogP) is 5.58. The van der Waals surface area contributed by atoms with Crippen LogP contribution in [0.2, 0.25) is 0 Å². The minimum atomic E-state index is -5.31. The lowest BCUT2D eigenvalue weighted by molar-refractivity contribution is -0.266. The third kappa shape index (κ3) is 2.97. The second-order valence-electron chi connectivity index (χ2n) is 6.70. The maximum atomic E-state index is 14.1. The minimum Gasteiger partial charge on any atom is -0.375 e. The van der Waals surface area contributed by atoms with Gasteiger partial charge in [0.05, 0.1) is 10.8 Å². The summed E-state index contributed by atoms with van der Waals surface area (Å²) in [6.07, 6.45) is -9.34. The van der Waals surface area contributed by atoms with Gasteiger partial charge >= 0.3 is 12.4 Å². The van der Waals surface area contributed by atoms with Gasteiger partial charge in [-0.1, -0.05) is 36.4 Å². The van der Waals surface area contributed by atoms with Crippen LogP contribution in [0.3, 0.4) is 0 Å². The van der Waals surface area contributed by atoms with E-state index in [0.29, 0.717) is 17.8 Å². The molecule has 2 heterocycles. The Labute approximate surface area is 169 Å². The van der Waals surface area contributed by atoms with Crippen molar-refractivity contribution in [1.82, 2.24) is 4.98 Å². The Kier molecular flexibility index (Phi) is 4.62. The number of hydrogen-bond donors (Lipinski definition) is 1. The lowest BCUT2D eigenvalue weighted by Gasteiger charge is -2.32. The smallest absolute Gasteiger partial charge is 0.375 e. The highest BCUT2D eigenvalue weighted by atomic mass is 32.2. The van der Waals surface area contributed by atoms with E-state index in [9.17, 15) is 36.2 Å². The van der Waals surface area contributed by atoms with E-state index in [4.69, 9.17) is 0 Å². The molecule has 2 unspecified atom stereocenters. The van der Waals surface area contributed by atoms with Crippen molar-refractivity contribution in [3.63, 3.8) is 0 Å². The zero-order valence-corrected chi connectivity index (χ0v) is 15.6. The van der Waals surface area contributed by atoms with Crippen LogP contribution in [0.15, 0.2) is 59.6 Å². The Bertz CT molecular complexity index is 1150. The van der Waals surface area contributed by atoms with Crippen molar-refractivity contribution < 1.29 is 36.2 Å². The number of pyridine rings is 1. The van der Waals surface area contributed by atoms with Gasteiger partial charge in [0.15, 0.2) is 0 Å². The van der Waals surface area contributed by atoms with Crippen LogP contribution >= 0.6 is 11.8 Å². The van der Waals surface area contributed by atoms with Gasteiger partial charge in [-0.3, -0.25) is 9.78 Å². The highest BCUT2D eigenvalue weighted by Gasteiger charge is 2.65. The van der Waals surface area contributed by atoms with Crippen molar-refractivity contribution in [3.05, 3.63) is 71.4 Å². The Morgan fingerprint density at radius 3 is 2.30 bits per heavy atom. The molecule has 2 atom stereocenters. The highest BCUT2D eigenvalue weighted by molar-refractivity contribution is 8.00. The molecule has 1 aromatic heterocycles. The third-order valence-electron chi connectivity index (χ3n) is 4.91. The number of hydrogen-bond acceptors (Lipinski definition) is 4. The second kappa shape index (κ2) is 6.71. The average Bonchev–Trinajstić information content (AvgIpc) is 3.01. The van der Waals surface area contributed by atoms with Crippen LogP contribution in [0.25, 0.3) is 10.9 Å². The molecule has 1 aliphatic rings. The van der Waals surface area contributed by atoms with Crippen LogP contribution in [0.1, 0.15) is 26.7 Å². The number of carbonyl (C=O) groups excluding carboxylic acids is 1. The molecule has 0 aliphatic carbocycles. The number of fused-ring (bicyclic) bond motifs is 3. The summed E-state index contributed by atoms with van der Waals surface area (Å²) in [6, 6.07) is 10.3. The van der Waals surface area contributed by atoms with Crippen LogP contribution in [-0.2, 0) is 5.60 Å². The number of aliphatic hydroxyl groups is 1. The molecule has 1 N–H and O–H groups in total. The van der Waals surface area contributed by atoms with Gasteiger partial charge in [-0.2, -0.15) is 26.3 Å². The van der Waals surface area contributed by atoms with E-state index in [-0.39, 0.29) is 21.4 Å². The average molecular weight is 443 g/mol. The fourth-order valence-electron chi connectivity index (χ4n) is 3.54. The maximum Gasteiger partial charge on any atom is 0.454 e. The van der Waals surface area contributed by atoms with Gasteiger partial charge in [-0.05, 0) is 17.7 Å². The largest absolute Gasteiger partial charge is 0.454 e. The van der Waals surface area contributed by atoms with E-state index in [2.05, 4.69) is 4.98 Å². The molecule has 0 bridgehead atoms. The molecule has 0 spiro atoms. The standard InChI is InChI=1S/C20H11F6NO2S/c21-19(22,23)16(28)12-9-13-15(14-11(12)7-4-8-27-14)30-17(10-5-2-1-3-6-10)18(13,29)20(24,25)26/h1-9,17,29H. The topological polar surface area (TPSA) is 50.2 Å². The molecule has 3 aromatic rings. The van der Waals surface area contributed by atoms with Crippen LogP contribution < -0.4 is 0 Å². The summed E-state index contributed by atoms with van der Waals surface area (Å²) in [4.78, 5) is 15.8. The molecule has 2 aromatic carbocycles. The molecule has 4 rings (SSSR count). The number of rotatable bonds is 2. The summed E-state index contributed by atoms with van der Waals surface area (Å²) in [6.45, 7) is 0. The maximum absolute atomic E-state index is 14.1. The quantitative estimate of drug-likeness (QED) is 0.415. The summed E-state index contributed by atoms with van der Waals surface area (Å²) < 4.78 is 81.8. The number of halogens is 6. The molecule has 0 amide bonds. The monoisotopic (exact) mass is 443 g/mol. The highest BCUT2D eigenvalue weighted by Crippen LogP contribution is 2.63. The first-order valence-corrected chi connectivity index (χ1v) is 9.38. The lowest BCUT2D eigenvalue weighted by atomic mass is 9.84. The first kappa shape index (κ1) is 20.7. The van der Waals surface area contributed by atoms with E-state index in [1.54, 1.807) is 6.07 Å². The van der Waals surface area contributed by atoms with Gasteiger partial charge in [-0.25, -0.2) is 0 Å². The Balaban J connectivity index is 2.06. The molecule has 156 valence electrons. The second-order valence-corrected chi connectivity index (χ2v) is 7.82. The normalized spacial score (nSPS) is 21.6. The summed E-state index contributed by atoms with van der Waals surface area (Å²) in [5.74, 6) is -2.30. The first-order chi connectivity index (χ1) is 14.0. The molecule has 0 fully saturated rings. The molecule has 0 radical (unpaired) electrons. The summed E-state index contributed by atoms with van der Waals surface area (Å²) >= 11 is 0.655. The Morgan fingerprint density at radius 1 is 1.03 bits per heavy atom. The zero-order valence-electron chi connectivity index (χ0n) is 14.8. The molecule has 1 aliphatic heterocycles. The molecule has 0 saturated heterocycles. The molecular weight excluding hydrogens is 432 g/mol. The Hall–Kier alpha value is -2.59. The number of aromatic nitrogens is 1. The SMILES string of the molecule is O=C(c1cc2c(c3ncccc13)SC(c1ccccc1)C2(O)C(F)(F)F)C(F)(F)F. The molecule has 30 heavy (non-hydrogen) atoms. The predicted molar refractivity (Wildman–Crippen MR) is 97.1 cm³/mol. The number of ketones is 1. The molecule has 3 nitrogen and oxygen atoms in total. The van der Waals surface area contributed by atoms with Crippen molar-refractivity contribution in [2.24, 2.45) is 0 Å². The first-order valence-electron chi connectivity index (χ1n) is 8.50. The summed E-state index contributed by atoms with van der Waals surface area (Å²) in [5, 5.41) is 9.08. The van der Waals surface area contributed by atoms with Crippen molar-refractivity contribution >= 4 is 28.4 Å². The Morgan fingerprint density at radius 2 is 1.70 bits per heavy atom. The van der Waals surface area contributed by atoms with Crippen molar-refractivity contribution in [3.8, 4) is 0 Å². The van der Waals surface area contributed by atoms with Gasteiger partial charge in [0.25, 0.3) is 5.78 Å². The van der Waals surface area contributed by atoms with Crippen molar-refractivity contribution in [2.45, 2.75) is 28.1 Å².